The molecule has 3 aromatic rings. The van der Waals surface area contributed by atoms with Gasteiger partial charge in [0.2, 0.25) is 0 Å². The molecule has 4 nitrogen and oxygen atoms in total. The Bertz CT molecular complexity index is 851. The number of hydrogen-bond acceptors (Lipinski definition) is 3. The molecule has 0 atom stereocenters. The number of rotatable bonds is 7. The lowest BCUT2D eigenvalue weighted by molar-refractivity contribution is 0.102. The predicted molar refractivity (Wildman–Crippen MR) is 98.2 cm³/mol. The number of benzene rings is 3. The summed E-state index contributed by atoms with van der Waals surface area (Å²) >= 11 is 0. The van der Waals surface area contributed by atoms with Gasteiger partial charge in [0.05, 0.1) is 5.69 Å². The van der Waals surface area contributed by atoms with Crippen molar-refractivity contribution in [2.75, 3.05) is 18.5 Å². The van der Waals surface area contributed by atoms with E-state index in [1.165, 1.54) is 24.3 Å². The number of nitrogens with one attached hydrogen (secondary N) is 1. The van der Waals surface area contributed by atoms with Crippen molar-refractivity contribution in [1.29, 1.82) is 0 Å². The maximum absolute atomic E-state index is 13.0. The van der Waals surface area contributed by atoms with Crippen LogP contribution in [-0.2, 0) is 0 Å². The van der Waals surface area contributed by atoms with Gasteiger partial charge in [0.1, 0.15) is 30.5 Å². The Hall–Kier alpha value is -3.34. The largest absolute Gasteiger partial charge is 0.490 e. The van der Waals surface area contributed by atoms with Crippen molar-refractivity contribution in [3.05, 3.63) is 90.2 Å². The van der Waals surface area contributed by atoms with Crippen LogP contribution >= 0.6 is 0 Å². The maximum Gasteiger partial charge on any atom is 0.255 e. The van der Waals surface area contributed by atoms with Crippen LogP contribution in [0, 0.1) is 5.82 Å². The number of halogens is 1. The molecule has 26 heavy (non-hydrogen) atoms. The van der Waals surface area contributed by atoms with Gasteiger partial charge in [-0.1, -0.05) is 30.3 Å². The third-order valence-corrected chi connectivity index (χ3v) is 3.59. The molecule has 1 N–H and O–H groups in total. The summed E-state index contributed by atoms with van der Waals surface area (Å²) < 4.78 is 24.3. The highest BCUT2D eigenvalue weighted by Crippen LogP contribution is 2.24. The number of carbonyl (C=O) groups excluding carboxylic acids is 1. The van der Waals surface area contributed by atoms with Crippen LogP contribution in [0.15, 0.2) is 78.9 Å². The fourth-order valence-electron chi connectivity index (χ4n) is 2.32. The summed E-state index contributed by atoms with van der Waals surface area (Å²) in [6.45, 7) is 0.711. The van der Waals surface area contributed by atoms with E-state index in [9.17, 15) is 9.18 Å². The minimum atomic E-state index is -0.385. The lowest BCUT2D eigenvalue weighted by Crippen LogP contribution is -2.14. The van der Waals surface area contributed by atoms with Crippen LogP contribution in [0.1, 0.15) is 10.4 Å². The highest BCUT2D eigenvalue weighted by molar-refractivity contribution is 6.04. The molecule has 0 fully saturated rings. The summed E-state index contributed by atoms with van der Waals surface area (Å²) in [7, 11) is 0. The van der Waals surface area contributed by atoms with E-state index < -0.39 is 0 Å². The first-order valence-electron chi connectivity index (χ1n) is 8.19. The Labute approximate surface area is 151 Å². The molecule has 0 aliphatic carbocycles. The van der Waals surface area contributed by atoms with E-state index in [0.717, 1.165) is 5.75 Å². The molecule has 1 amide bonds. The lowest BCUT2D eigenvalue weighted by atomic mass is 10.2. The predicted octanol–water partition coefficient (Wildman–Crippen LogP) is 4.54. The van der Waals surface area contributed by atoms with Crippen molar-refractivity contribution in [1.82, 2.24) is 0 Å². The quantitative estimate of drug-likeness (QED) is 0.636. The van der Waals surface area contributed by atoms with E-state index in [4.69, 9.17) is 9.47 Å². The fraction of sp³-hybridized carbons (Fsp3) is 0.0952. The molecule has 3 aromatic carbocycles. The van der Waals surface area contributed by atoms with Gasteiger partial charge < -0.3 is 14.8 Å². The summed E-state index contributed by atoms with van der Waals surface area (Å²) in [4.78, 5) is 12.3. The van der Waals surface area contributed by atoms with Crippen LogP contribution < -0.4 is 14.8 Å². The molecule has 0 aromatic heterocycles. The Morgan fingerprint density at radius 3 is 2.23 bits per heavy atom. The molecular weight excluding hydrogens is 333 g/mol. The Balaban J connectivity index is 1.57. The summed E-state index contributed by atoms with van der Waals surface area (Å²) in [5.74, 6) is 0.596. The topological polar surface area (TPSA) is 47.6 Å². The molecule has 0 bridgehead atoms. The first-order valence-corrected chi connectivity index (χ1v) is 8.19. The van der Waals surface area contributed by atoms with Gasteiger partial charge in [-0.05, 0) is 48.5 Å². The Morgan fingerprint density at radius 1 is 0.808 bits per heavy atom. The fourth-order valence-corrected chi connectivity index (χ4v) is 2.32. The normalized spacial score (nSPS) is 10.2. The van der Waals surface area contributed by atoms with Crippen LogP contribution in [0.2, 0.25) is 0 Å². The van der Waals surface area contributed by atoms with Gasteiger partial charge in [0, 0.05) is 5.56 Å². The summed E-state index contributed by atoms with van der Waals surface area (Å²) in [6, 6.07) is 22.0. The number of carbonyl (C=O) groups is 1. The van der Waals surface area contributed by atoms with E-state index >= 15 is 0 Å². The average Bonchev–Trinajstić information content (AvgIpc) is 2.68. The molecule has 132 valence electrons. The van der Waals surface area contributed by atoms with Crippen molar-refractivity contribution in [3.8, 4) is 11.5 Å². The van der Waals surface area contributed by atoms with Crippen LogP contribution in [0.25, 0.3) is 0 Å². The van der Waals surface area contributed by atoms with Gasteiger partial charge >= 0.3 is 0 Å². The molecule has 0 unspecified atom stereocenters. The zero-order chi connectivity index (χ0) is 18.2. The molecule has 5 heteroatoms. The van der Waals surface area contributed by atoms with Crippen molar-refractivity contribution >= 4 is 11.6 Å². The van der Waals surface area contributed by atoms with Gasteiger partial charge in [0.25, 0.3) is 5.91 Å². The van der Waals surface area contributed by atoms with E-state index in [2.05, 4.69) is 5.32 Å². The smallest absolute Gasteiger partial charge is 0.255 e. The molecule has 0 saturated carbocycles. The maximum atomic E-state index is 13.0. The van der Waals surface area contributed by atoms with Crippen molar-refractivity contribution in [2.24, 2.45) is 0 Å². The second-order valence-electron chi connectivity index (χ2n) is 5.47. The van der Waals surface area contributed by atoms with Gasteiger partial charge in [-0.3, -0.25) is 4.79 Å². The van der Waals surface area contributed by atoms with Crippen LogP contribution in [0.3, 0.4) is 0 Å². The van der Waals surface area contributed by atoms with Crippen molar-refractivity contribution in [3.63, 3.8) is 0 Å². The van der Waals surface area contributed by atoms with Crippen molar-refractivity contribution in [2.45, 2.75) is 0 Å². The number of ether oxygens (including phenoxy) is 2. The van der Waals surface area contributed by atoms with Gasteiger partial charge in [0.15, 0.2) is 0 Å². The molecule has 0 spiro atoms. The summed E-state index contributed by atoms with van der Waals surface area (Å²) in [6.07, 6.45) is 0. The average molecular weight is 351 g/mol. The Kier molecular flexibility index (Phi) is 5.83. The van der Waals surface area contributed by atoms with E-state index in [1.807, 2.05) is 36.4 Å². The van der Waals surface area contributed by atoms with Crippen LogP contribution in [-0.4, -0.2) is 19.1 Å². The van der Waals surface area contributed by atoms with Crippen LogP contribution in [0.4, 0.5) is 10.1 Å². The second kappa shape index (κ2) is 8.67. The number of para-hydroxylation sites is 3. The van der Waals surface area contributed by atoms with Gasteiger partial charge in [-0.2, -0.15) is 0 Å². The monoisotopic (exact) mass is 351 g/mol. The first kappa shape index (κ1) is 17.5. The third-order valence-electron chi connectivity index (χ3n) is 3.59. The number of anilines is 1. The Morgan fingerprint density at radius 2 is 1.46 bits per heavy atom. The minimum absolute atomic E-state index is 0.332. The standard InChI is InChI=1S/C21H18FNO3/c22-17-12-10-16(11-13-17)21(24)23-19-8-4-5-9-20(19)26-15-14-25-18-6-2-1-3-7-18/h1-13H,14-15H2,(H,23,24). The van der Waals surface area contributed by atoms with E-state index in [0.29, 0.717) is 30.2 Å². The first-order chi connectivity index (χ1) is 12.7. The molecular formula is C21H18FNO3. The summed E-state index contributed by atoms with van der Waals surface area (Å²) in [5, 5.41) is 2.78. The SMILES string of the molecule is O=C(Nc1ccccc1OCCOc1ccccc1)c1ccc(F)cc1. The van der Waals surface area contributed by atoms with Gasteiger partial charge in [-0.25, -0.2) is 4.39 Å². The molecule has 3 rings (SSSR count). The zero-order valence-electron chi connectivity index (χ0n) is 14.0. The second-order valence-corrected chi connectivity index (χ2v) is 5.47. The highest BCUT2D eigenvalue weighted by Gasteiger charge is 2.10. The highest BCUT2D eigenvalue weighted by atomic mass is 19.1. The molecule has 0 aliphatic rings. The number of amides is 1. The molecule has 0 radical (unpaired) electrons. The van der Waals surface area contributed by atoms with Crippen molar-refractivity contribution < 1.29 is 18.7 Å². The summed E-state index contributed by atoms with van der Waals surface area (Å²) in [5.41, 5.74) is 0.912. The number of hydrogen-bond donors (Lipinski definition) is 1. The third kappa shape index (κ3) is 4.83. The minimum Gasteiger partial charge on any atom is -0.490 e. The lowest BCUT2D eigenvalue weighted by Gasteiger charge is -2.13. The zero-order valence-corrected chi connectivity index (χ0v) is 14.0. The van der Waals surface area contributed by atoms with E-state index in [1.54, 1.807) is 18.2 Å². The molecule has 0 saturated heterocycles. The van der Waals surface area contributed by atoms with Gasteiger partial charge in [-0.15, -0.1) is 0 Å². The van der Waals surface area contributed by atoms with E-state index in [-0.39, 0.29) is 11.7 Å². The molecule has 0 aliphatic heterocycles. The van der Waals surface area contributed by atoms with Crippen LogP contribution in [0.5, 0.6) is 11.5 Å². The molecule has 0 heterocycles.